The Bertz CT molecular complexity index is 389. The van der Waals surface area contributed by atoms with Crippen LogP contribution >= 0.6 is 0 Å². The predicted molar refractivity (Wildman–Crippen MR) is 83.8 cm³/mol. The van der Waals surface area contributed by atoms with Crippen LogP contribution in [0.15, 0.2) is 60.7 Å². The van der Waals surface area contributed by atoms with Gasteiger partial charge in [0.05, 0.1) is 0 Å². The fourth-order valence-electron chi connectivity index (χ4n) is 1.47. The smallest absolute Gasteiger partial charge is 0.0384 e. The van der Waals surface area contributed by atoms with Crippen LogP contribution in [0.3, 0.4) is 0 Å². The predicted octanol–water partition coefficient (Wildman–Crippen LogP) is 2.94. The van der Waals surface area contributed by atoms with Crippen molar-refractivity contribution in [2.45, 2.75) is 0 Å². The third-order valence-corrected chi connectivity index (χ3v) is 2.41. The van der Waals surface area contributed by atoms with Gasteiger partial charge in [0.1, 0.15) is 0 Å². The summed E-state index contributed by atoms with van der Waals surface area (Å²) < 4.78 is 0. The van der Waals surface area contributed by atoms with Crippen molar-refractivity contribution in [2.24, 2.45) is 5.73 Å². The average molecular weight is 257 g/mol. The second-order valence-corrected chi connectivity index (χ2v) is 4.45. The van der Waals surface area contributed by atoms with Crippen molar-refractivity contribution < 1.29 is 0 Å². The van der Waals surface area contributed by atoms with Gasteiger partial charge in [0, 0.05) is 24.5 Å². The van der Waals surface area contributed by atoms with Gasteiger partial charge in [-0.25, -0.2) is 0 Å². The molecule has 0 saturated heterocycles. The molecule has 0 aliphatic heterocycles. The second kappa shape index (κ2) is 9.14. The molecule has 2 aromatic carbocycles. The molecule has 0 saturated carbocycles. The third-order valence-electron chi connectivity index (χ3n) is 2.41. The maximum absolute atomic E-state index is 5.19. The van der Waals surface area contributed by atoms with E-state index in [9.17, 15) is 0 Å². The van der Waals surface area contributed by atoms with E-state index in [1.807, 2.05) is 74.8 Å². The van der Waals surface area contributed by atoms with Gasteiger partial charge >= 0.3 is 0 Å². The van der Waals surface area contributed by atoms with Gasteiger partial charge in [-0.1, -0.05) is 36.4 Å². The van der Waals surface area contributed by atoms with Gasteiger partial charge in [0.25, 0.3) is 0 Å². The molecule has 0 bridgehead atoms. The minimum atomic E-state index is 0.757. The van der Waals surface area contributed by atoms with E-state index in [0.29, 0.717) is 0 Å². The summed E-state index contributed by atoms with van der Waals surface area (Å²) in [5, 5.41) is 3.30. The Morgan fingerprint density at radius 1 is 0.842 bits per heavy atom. The first kappa shape index (κ1) is 15.2. The molecule has 0 aliphatic carbocycles. The Morgan fingerprint density at radius 3 is 1.53 bits per heavy atom. The maximum atomic E-state index is 5.19. The summed E-state index contributed by atoms with van der Waals surface area (Å²) >= 11 is 0. The summed E-state index contributed by atoms with van der Waals surface area (Å²) in [4.78, 5) is 2.06. The van der Waals surface area contributed by atoms with Crippen molar-refractivity contribution in [3.8, 4) is 0 Å². The minimum Gasteiger partial charge on any atom is -0.356 e. The molecule has 0 aromatic heterocycles. The van der Waals surface area contributed by atoms with Gasteiger partial charge in [-0.15, -0.1) is 0 Å². The maximum Gasteiger partial charge on any atom is 0.0384 e. The number of nitrogens with one attached hydrogen (secondary N) is 1. The second-order valence-electron chi connectivity index (χ2n) is 4.45. The first-order valence-electron chi connectivity index (χ1n) is 6.44. The number of benzene rings is 2. The molecule has 102 valence electrons. The van der Waals surface area contributed by atoms with E-state index < -0.39 is 0 Å². The molecule has 19 heavy (non-hydrogen) atoms. The lowest BCUT2D eigenvalue weighted by atomic mass is 10.3. The lowest BCUT2D eigenvalue weighted by Crippen LogP contribution is -2.20. The van der Waals surface area contributed by atoms with E-state index in [2.05, 4.69) is 10.2 Å². The van der Waals surface area contributed by atoms with Crippen molar-refractivity contribution in [1.82, 2.24) is 4.90 Å². The van der Waals surface area contributed by atoms with Gasteiger partial charge in [0.15, 0.2) is 0 Å². The summed E-state index contributed by atoms with van der Waals surface area (Å²) in [6.45, 7) is 1.74. The number of anilines is 2. The number of hydrogen-bond acceptors (Lipinski definition) is 3. The van der Waals surface area contributed by atoms with Crippen LogP contribution in [-0.4, -0.2) is 32.1 Å². The highest BCUT2D eigenvalue weighted by atomic mass is 15.1. The van der Waals surface area contributed by atoms with Crippen LogP contribution in [0, 0.1) is 0 Å². The van der Waals surface area contributed by atoms with Crippen LogP contribution in [0.2, 0.25) is 0 Å². The Kier molecular flexibility index (Phi) is 7.32. The van der Waals surface area contributed by atoms with Gasteiger partial charge in [-0.3, -0.25) is 0 Å². The summed E-state index contributed by atoms with van der Waals surface area (Å²) in [6.07, 6.45) is 0. The Hall–Kier alpha value is -1.84. The van der Waals surface area contributed by atoms with Gasteiger partial charge in [-0.2, -0.15) is 0 Å². The first-order valence-corrected chi connectivity index (χ1v) is 6.44. The van der Waals surface area contributed by atoms with Crippen molar-refractivity contribution in [1.29, 1.82) is 0 Å². The Morgan fingerprint density at radius 2 is 1.26 bits per heavy atom. The van der Waals surface area contributed by atoms with E-state index in [-0.39, 0.29) is 0 Å². The van der Waals surface area contributed by atoms with E-state index in [1.54, 1.807) is 0 Å². The molecule has 0 radical (unpaired) electrons. The van der Waals surface area contributed by atoms with Crippen LogP contribution in [0.1, 0.15) is 0 Å². The quantitative estimate of drug-likeness (QED) is 0.885. The highest BCUT2D eigenvalue weighted by Gasteiger charge is 1.89. The van der Waals surface area contributed by atoms with Crippen LogP contribution in [0.25, 0.3) is 0 Å². The summed E-state index contributed by atoms with van der Waals surface area (Å²) in [6, 6.07) is 20.3. The molecule has 0 amide bonds. The van der Waals surface area contributed by atoms with Crippen LogP contribution in [0.5, 0.6) is 0 Å². The van der Waals surface area contributed by atoms with E-state index in [1.165, 1.54) is 0 Å². The average Bonchev–Trinajstić information content (AvgIpc) is 2.41. The molecule has 0 aliphatic rings. The van der Waals surface area contributed by atoms with Gasteiger partial charge in [0.2, 0.25) is 0 Å². The standard InChI is InChI=1S/C12H11N.C4H12N2/c1-3-7-11(8-4-1)13-12-9-5-2-6-10-12;1-6(2)4-3-5/h1-10,13H;3-5H2,1-2H3. The minimum absolute atomic E-state index is 0.757. The normalized spacial score (nSPS) is 9.68. The molecule has 0 heterocycles. The highest BCUT2D eigenvalue weighted by Crippen LogP contribution is 2.14. The molecule has 0 fully saturated rings. The SMILES string of the molecule is CN(C)CCN.c1ccc(Nc2ccccc2)cc1. The molecule has 3 nitrogen and oxygen atoms in total. The third kappa shape index (κ3) is 7.24. The topological polar surface area (TPSA) is 41.3 Å². The summed E-state index contributed by atoms with van der Waals surface area (Å²) in [5.74, 6) is 0. The van der Waals surface area contributed by atoms with Crippen LogP contribution in [0.4, 0.5) is 11.4 Å². The van der Waals surface area contributed by atoms with Crippen LogP contribution in [-0.2, 0) is 0 Å². The number of para-hydroxylation sites is 2. The molecule has 2 aromatic rings. The van der Waals surface area contributed by atoms with Crippen molar-refractivity contribution in [3.63, 3.8) is 0 Å². The Labute approximate surface area is 116 Å². The van der Waals surface area contributed by atoms with Crippen LogP contribution < -0.4 is 11.1 Å². The largest absolute Gasteiger partial charge is 0.356 e. The van der Waals surface area contributed by atoms with Gasteiger partial charge < -0.3 is 16.0 Å². The molecule has 0 unspecified atom stereocenters. The number of hydrogen-bond donors (Lipinski definition) is 2. The van der Waals surface area contributed by atoms with Crippen molar-refractivity contribution >= 4 is 11.4 Å². The monoisotopic (exact) mass is 257 g/mol. The zero-order chi connectivity index (χ0) is 13.9. The number of likely N-dealkylation sites (N-methyl/N-ethyl adjacent to an activating group) is 1. The first-order chi connectivity index (χ1) is 9.22. The molecular weight excluding hydrogens is 234 g/mol. The molecule has 0 spiro atoms. The zero-order valence-corrected chi connectivity index (χ0v) is 11.7. The molecule has 0 atom stereocenters. The lowest BCUT2D eigenvalue weighted by Gasteiger charge is -2.04. The van der Waals surface area contributed by atoms with Crippen molar-refractivity contribution in [2.75, 3.05) is 32.5 Å². The van der Waals surface area contributed by atoms with E-state index in [4.69, 9.17) is 5.73 Å². The van der Waals surface area contributed by atoms with Crippen molar-refractivity contribution in [3.05, 3.63) is 60.7 Å². The van der Waals surface area contributed by atoms with Gasteiger partial charge in [-0.05, 0) is 38.4 Å². The molecular formula is C16H23N3. The fraction of sp³-hybridized carbons (Fsp3) is 0.250. The summed E-state index contributed by atoms with van der Waals surface area (Å²) in [7, 11) is 4.01. The van der Waals surface area contributed by atoms with E-state index in [0.717, 1.165) is 24.5 Å². The number of rotatable bonds is 4. The molecule has 2 rings (SSSR count). The highest BCUT2D eigenvalue weighted by molar-refractivity contribution is 5.58. The lowest BCUT2D eigenvalue weighted by molar-refractivity contribution is 0.420. The number of nitrogens with two attached hydrogens (primary N) is 1. The Balaban J connectivity index is 0.000000258. The van der Waals surface area contributed by atoms with E-state index >= 15 is 0 Å². The summed E-state index contributed by atoms with van der Waals surface area (Å²) in [5.41, 5.74) is 7.43. The zero-order valence-electron chi connectivity index (χ0n) is 11.7. The molecule has 3 heteroatoms. The molecule has 3 N–H and O–H groups in total. The fourth-order valence-corrected chi connectivity index (χ4v) is 1.47. The number of nitrogens with zero attached hydrogens (tertiary/aromatic N) is 1.